The van der Waals surface area contributed by atoms with Crippen molar-refractivity contribution in [3.05, 3.63) is 40.1 Å². The second kappa shape index (κ2) is 6.30. The molecule has 0 aliphatic heterocycles. The topological polar surface area (TPSA) is 42.7 Å². The lowest BCUT2D eigenvalue weighted by Crippen LogP contribution is -2.20. The van der Waals surface area contributed by atoms with Crippen LogP contribution < -0.4 is 5.32 Å². The minimum absolute atomic E-state index is 0.635. The second-order valence-corrected chi connectivity index (χ2v) is 5.97. The number of nitrogens with zero attached hydrogens (tertiary/aromatic N) is 3. The van der Waals surface area contributed by atoms with E-state index in [2.05, 4.69) is 70.5 Å². The van der Waals surface area contributed by atoms with E-state index in [1.165, 1.54) is 5.56 Å². The summed E-state index contributed by atoms with van der Waals surface area (Å²) in [7, 11) is 0. The normalized spacial score (nSPS) is 11.2. The molecule has 0 bridgehead atoms. The maximum absolute atomic E-state index is 4.17. The van der Waals surface area contributed by atoms with Crippen LogP contribution in [0.25, 0.3) is 5.69 Å². The minimum Gasteiger partial charge on any atom is -0.311 e. The lowest BCUT2D eigenvalue weighted by atomic mass is 10.2. The van der Waals surface area contributed by atoms with Crippen LogP contribution in [0.1, 0.15) is 25.1 Å². The molecule has 1 aromatic carbocycles. The highest BCUT2D eigenvalue weighted by atomic mass is 79.9. The Balaban J connectivity index is 2.19. The molecule has 0 atom stereocenters. The van der Waals surface area contributed by atoms with Crippen LogP contribution in [0.4, 0.5) is 0 Å². The predicted molar refractivity (Wildman–Crippen MR) is 80.3 cm³/mol. The molecule has 1 aromatic heterocycles. The fraction of sp³-hybridized carbons (Fsp3) is 0.429. The average Bonchev–Trinajstić information content (AvgIpc) is 2.77. The van der Waals surface area contributed by atoms with E-state index in [0.717, 1.165) is 28.9 Å². The van der Waals surface area contributed by atoms with Crippen LogP contribution in [0, 0.1) is 12.8 Å². The second-order valence-electron chi connectivity index (χ2n) is 5.12. The molecule has 1 N–H and O–H groups in total. The largest absolute Gasteiger partial charge is 0.311 e. The lowest BCUT2D eigenvalue weighted by Gasteiger charge is -2.10. The Bertz CT molecular complexity index is 548. The standard InChI is InChI=1S/C14H19BrN4/c1-10(2)7-16-8-12-9-17-18-19(12)14-5-4-11(3)6-13(14)15/h4-6,9-10,16H,7-8H2,1-3H3. The molecule has 0 unspecified atom stereocenters. The Morgan fingerprint density at radius 1 is 1.37 bits per heavy atom. The van der Waals surface area contributed by atoms with Crippen molar-refractivity contribution in [1.82, 2.24) is 20.3 Å². The van der Waals surface area contributed by atoms with Gasteiger partial charge in [0.2, 0.25) is 0 Å². The zero-order valence-electron chi connectivity index (χ0n) is 11.5. The van der Waals surface area contributed by atoms with Gasteiger partial charge in [-0.3, -0.25) is 0 Å². The molecule has 0 saturated heterocycles. The van der Waals surface area contributed by atoms with Crippen molar-refractivity contribution in [2.24, 2.45) is 5.92 Å². The molecule has 0 fully saturated rings. The van der Waals surface area contributed by atoms with Crippen molar-refractivity contribution in [2.45, 2.75) is 27.3 Å². The van der Waals surface area contributed by atoms with E-state index in [1.807, 2.05) is 4.68 Å². The summed E-state index contributed by atoms with van der Waals surface area (Å²) in [6.45, 7) is 8.21. The molecular formula is C14H19BrN4. The first-order valence-corrected chi connectivity index (χ1v) is 7.24. The number of aryl methyl sites for hydroxylation is 1. The minimum atomic E-state index is 0.635. The van der Waals surface area contributed by atoms with Crippen LogP contribution in [0.3, 0.4) is 0 Å². The summed E-state index contributed by atoms with van der Waals surface area (Å²) in [6, 6.07) is 6.22. The Morgan fingerprint density at radius 3 is 2.84 bits per heavy atom. The van der Waals surface area contributed by atoms with Crippen LogP contribution in [0.5, 0.6) is 0 Å². The maximum atomic E-state index is 4.17. The SMILES string of the molecule is Cc1ccc(-n2nncc2CNCC(C)C)c(Br)c1. The molecule has 2 rings (SSSR count). The van der Waals surface area contributed by atoms with Crippen LogP contribution in [-0.4, -0.2) is 21.5 Å². The summed E-state index contributed by atoms with van der Waals surface area (Å²) in [4.78, 5) is 0. The number of hydrogen-bond acceptors (Lipinski definition) is 3. The van der Waals surface area contributed by atoms with Gasteiger partial charge in [0.05, 0.1) is 17.6 Å². The number of halogens is 1. The van der Waals surface area contributed by atoms with Gasteiger partial charge in [0.15, 0.2) is 0 Å². The van der Waals surface area contributed by atoms with Crippen molar-refractivity contribution in [3.8, 4) is 5.69 Å². The van der Waals surface area contributed by atoms with Gasteiger partial charge in [-0.25, -0.2) is 4.68 Å². The fourth-order valence-corrected chi connectivity index (χ4v) is 2.51. The van der Waals surface area contributed by atoms with Crippen molar-refractivity contribution >= 4 is 15.9 Å². The van der Waals surface area contributed by atoms with Crippen LogP contribution in [0.2, 0.25) is 0 Å². The van der Waals surface area contributed by atoms with E-state index < -0.39 is 0 Å². The molecular weight excluding hydrogens is 304 g/mol. The van der Waals surface area contributed by atoms with Crippen molar-refractivity contribution in [3.63, 3.8) is 0 Å². The molecule has 0 amide bonds. The van der Waals surface area contributed by atoms with Gasteiger partial charge < -0.3 is 5.32 Å². The number of benzene rings is 1. The van der Waals surface area contributed by atoms with Gasteiger partial charge in [0, 0.05) is 11.0 Å². The lowest BCUT2D eigenvalue weighted by molar-refractivity contribution is 0.542. The Labute approximate surface area is 122 Å². The number of aromatic nitrogens is 3. The van der Waals surface area contributed by atoms with Gasteiger partial charge in [-0.15, -0.1) is 5.10 Å². The van der Waals surface area contributed by atoms with E-state index >= 15 is 0 Å². The van der Waals surface area contributed by atoms with Crippen molar-refractivity contribution in [2.75, 3.05) is 6.54 Å². The molecule has 2 aromatic rings. The quantitative estimate of drug-likeness (QED) is 0.919. The van der Waals surface area contributed by atoms with Gasteiger partial charge >= 0.3 is 0 Å². The number of rotatable bonds is 5. The van der Waals surface area contributed by atoms with Crippen LogP contribution >= 0.6 is 15.9 Å². The Hall–Kier alpha value is -1.20. The zero-order chi connectivity index (χ0) is 13.8. The van der Waals surface area contributed by atoms with Gasteiger partial charge in [-0.2, -0.15) is 0 Å². The monoisotopic (exact) mass is 322 g/mol. The summed E-state index contributed by atoms with van der Waals surface area (Å²) >= 11 is 3.59. The smallest absolute Gasteiger partial charge is 0.0809 e. The summed E-state index contributed by atoms with van der Waals surface area (Å²) in [6.07, 6.45) is 1.81. The van der Waals surface area contributed by atoms with E-state index in [9.17, 15) is 0 Å². The van der Waals surface area contributed by atoms with Gasteiger partial charge in [-0.05, 0) is 53.0 Å². The first-order valence-electron chi connectivity index (χ1n) is 6.44. The highest BCUT2D eigenvalue weighted by Crippen LogP contribution is 2.22. The van der Waals surface area contributed by atoms with E-state index in [1.54, 1.807) is 6.20 Å². The predicted octanol–water partition coefficient (Wildman–Crippen LogP) is 3.08. The van der Waals surface area contributed by atoms with Crippen molar-refractivity contribution in [1.29, 1.82) is 0 Å². The molecule has 4 nitrogen and oxygen atoms in total. The highest BCUT2D eigenvalue weighted by molar-refractivity contribution is 9.10. The molecule has 1 heterocycles. The summed E-state index contributed by atoms with van der Waals surface area (Å²) < 4.78 is 2.90. The molecule has 0 spiro atoms. The zero-order valence-corrected chi connectivity index (χ0v) is 13.1. The summed E-state index contributed by atoms with van der Waals surface area (Å²) in [5, 5.41) is 11.6. The molecule has 0 aliphatic carbocycles. The maximum Gasteiger partial charge on any atom is 0.0809 e. The van der Waals surface area contributed by atoms with Gasteiger partial charge in [0.25, 0.3) is 0 Å². The number of nitrogens with one attached hydrogen (secondary N) is 1. The average molecular weight is 323 g/mol. The summed E-state index contributed by atoms with van der Waals surface area (Å²) in [5.74, 6) is 0.635. The third-order valence-corrected chi connectivity index (χ3v) is 3.45. The third kappa shape index (κ3) is 3.64. The van der Waals surface area contributed by atoms with Gasteiger partial charge in [0.1, 0.15) is 0 Å². The van der Waals surface area contributed by atoms with E-state index in [0.29, 0.717) is 5.92 Å². The van der Waals surface area contributed by atoms with Crippen molar-refractivity contribution < 1.29 is 0 Å². The molecule has 19 heavy (non-hydrogen) atoms. The van der Waals surface area contributed by atoms with Gasteiger partial charge in [-0.1, -0.05) is 25.1 Å². The van der Waals surface area contributed by atoms with Crippen LogP contribution in [0.15, 0.2) is 28.9 Å². The Kier molecular flexibility index (Phi) is 4.71. The third-order valence-electron chi connectivity index (χ3n) is 2.81. The molecule has 0 aliphatic rings. The van der Waals surface area contributed by atoms with Crippen LogP contribution in [-0.2, 0) is 6.54 Å². The highest BCUT2D eigenvalue weighted by Gasteiger charge is 2.09. The molecule has 0 radical (unpaired) electrons. The van der Waals surface area contributed by atoms with E-state index in [4.69, 9.17) is 0 Å². The molecule has 5 heteroatoms. The first-order chi connectivity index (χ1) is 9.08. The fourth-order valence-electron chi connectivity index (χ4n) is 1.85. The molecule has 102 valence electrons. The van der Waals surface area contributed by atoms with E-state index in [-0.39, 0.29) is 0 Å². The first kappa shape index (κ1) is 14.2. The Morgan fingerprint density at radius 2 is 2.16 bits per heavy atom. The summed E-state index contributed by atoms with van der Waals surface area (Å²) in [5.41, 5.74) is 3.30. The molecule has 0 saturated carbocycles. The number of hydrogen-bond donors (Lipinski definition) is 1.